The van der Waals surface area contributed by atoms with Crippen molar-refractivity contribution in [3.05, 3.63) is 64.7 Å². The van der Waals surface area contributed by atoms with Gasteiger partial charge in [-0.1, -0.05) is 29.8 Å². The zero-order chi connectivity index (χ0) is 20.8. The Hall–Kier alpha value is -2.66. The number of ether oxygens (including phenoxy) is 1. The van der Waals surface area contributed by atoms with Gasteiger partial charge in [0.1, 0.15) is 5.75 Å². The second-order valence-electron chi connectivity index (χ2n) is 7.65. The van der Waals surface area contributed by atoms with Crippen LogP contribution in [0.4, 0.5) is 0 Å². The molecule has 0 N–H and O–H groups in total. The predicted octanol–water partition coefficient (Wildman–Crippen LogP) is 3.27. The molecule has 154 valence electrons. The first-order chi connectivity index (χ1) is 14.0. The quantitative estimate of drug-likeness (QED) is 0.677. The molecule has 0 aromatic heterocycles. The van der Waals surface area contributed by atoms with Crippen molar-refractivity contribution in [1.29, 1.82) is 0 Å². The highest BCUT2D eigenvalue weighted by molar-refractivity contribution is 5.99. The largest absolute Gasteiger partial charge is 0.494 e. The van der Waals surface area contributed by atoms with E-state index >= 15 is 0 Å². The first-order valence-electron chi connectivity index (χ1n) is 10.3. The van der Waals surface area contributed by atoms with Gasteiger partial charge < -0.3 is 9.64 Å². The molecule has 0 spiro atoms. The number of carbonyl (C=O) groups is 2. The third-order valence-electron chi connectivity index (χ3n) is 5.38. The Bertz CT molecular complexity index is 853. The van der Waals surface area contributed by atoms with E-state index in [9.17, 15) is 9.59 Å². The zero-order valence-corrected chi connectivity index (χ0v) is 17.6. The normalized spacial score (nSPS) is 14.7. The van der Waals surface area contributed by atoms with Crippen LogP contribution in [0, 0.1) is 13.8 Å². The van der Waals surface area contributed by atoms with Gasteiger partial charge in [-0.15, -0.1) is 0 Å². The molecule has 0 radical (unpaired) electrons. The predicted molar refractivity (Wildman–Crippen MR) is 115 cm³/mol. The van der Waals surface area contributed by atoms with Crippen LogP contribution >= 0.6 is 0 Å². The third kappa shape index (κ3) is 5.67. The second-order valence-corrected chi connectivity index (χ2v) is 7.65. The molecule has 0 unspecified atom stereocenters. The molecule has 0 atom stereocenters. The van der Waals surface area contributed by atoms with Crippen molar-refractivity contribution in [2.24, 2.45) is 0 Å². The van der Waals surface area contributed by atoms with Crippen LogP contribution in [0.3, 0.4) is 0 Å². The summed E-state index contributed by atoms with van der Waals surface area (Å²) in [6, 6.07) is 13.7. The van der Waals surface area contributed by atoms with Crippen LogP contribution in [0.2, 0.25) is 0 Å². The molecule has 2 aromatic carbocycles. The first kappa shape index (κ1) is 21.1. The number of nitrogens with zero attached hydrogens (tertiary/aromatic N) is 2. The van der Waals surface area contributed by atoms with Gasteiger partial charge in [0.2, 0.25) is 5.91 Å². The summed E-state index contributed by atoms with van der Waals surface area (Å²) in [5.74, 6) is 1.11. The lowest BCUT2D eigenvalue weighted by Crippen LogP contribution is -2.50. The highest BCUT2D eigenvalue weighted by atomic mass is 16.5. The average Bonchev–Trinajstić information content (AvgIpc) is 2.72. The molecule has 5 heteroatoms. The van der Waals surface area contributed by atoms with Crippen molar-refractivity contribution in [2.75, 3.05) is 39.3 Å². The molecule has 1 fully saturated rings. The van der Waals surface area contributed by atoms with E-state index in [0.717, 1.165) is 41.1 Å². The number of benzene rings is 2. The number of hydrogen-bond donors (Lipinski definition) is 0. The van der Waals surface area contributed by atoms with Crippen molar-refractivity contribution < 1.29 is 14.3 Å². The van der Waals surface area contributed by atoms with Crippen molar-refractivity contribution in [2.45, 2.75) is 27.2 Å². The molecule has 29 heavy (non-hydrogen) atoms. The number of Topliss-reactive ketones (excluding diaryl/α,β-unsaturated/α-hetero) is 1. The standard InChI is InChI=1S/C24H30N2O3/c1-4-29-21-9-7-20(8-10-21)16-24(28)26-13-11-25(12-14-26)17-23(27)22-15-18(2)5-6-19(22)3/h5-10,15H,4,11-14,16-17H2,1-3H3. The van der Waals surface area contributed by atoms with E-state index in [1.54, 1.807) is 0 Å². The van der Waals surface area contributed by atoms with Gasteiger partial charge in [-0.05, 0) is 50.1 Å². The van der Waals surface area contributed by atoms with Crippen molar-refractivity contribution >= 4 is 11.7 Å². The van der Waals surface area contributed by atoms with Gasteiger partial charge in [-0.2, -0.15) is 0 Å². The topological polar surface area (TPSA) is 49.9 Å². The molecule has 0 saturated carbocycles. The summed E-state index contributed by atoms with van der Waals surface area (Å²) in [7, 11) is 0. The zero-order valence-electron chi connectivity index (χ0n) is 17.6. The smallest absolute Gasteiger partial charge is 0.227 e. The van der Waals surface area contributed by atoms with Crippen molar-refractivity contribution in [3.63, 3.8) is 0 Å². The van der Waals surface area contributed by atoms with Gasteiger partial charge in [-0.25, -0.2) is 0 Å². The summed E-state index contributed by atoms with van der Waals surface area (Å²) in [5, 5.41) is 0. The van der Waals surface area contributed by atoms with Crippen LogP contribution < -0.4 is 4.74 Å². The molecular weight excluding hydrogens is 364 g/mol. The third-order valence-corrected chi connectivity index (χ3v) is 5.38. The number of carbonyl (C=O) groups excluding carboxylic acids is 2. The van der Waals surface area contributed by atoms with Crippen LogP contribution in [0.15, 0.2) is 42.5 Å². The van der Waals surface area contributed by atoms with Crippen LogP contribution in [0.1, 0.15) is 34.0 Å². The lowest BCUT2D eigenvalue weighted by Gasteiger charge is -2.34. The maximum Gasteiger partial charge on any atom is 0.227 e. The number of aryl methyl sites for hydroxylation is 2. The number of rotatable bonds is 7. The number of hydrogen-bond acceptors (Lipinski definition) is 4. The average molecular weight is 395 g/mol. The lowest BCUT2D eigenvalue weighted by atomic mass is 10.0. The van der Waals surface area contributed by atoms with E-state index in [1.807, 2.05) is 68.1 Å². The van der Waals surface area contributed by atoms with E-state index < -0.39 is 0 Å². The first-order valence-corrected chi connectivity index (χ1v) is 10.3. The highest BCUT2D eigenvalue weighted by Crippen LogP contribution is 2.15. The highest BCUT2D eigenvalue weighted by Gasteiger charge is 2.23. The molecule has 1 amide bonds. The van der Waals surface area contributed by atoms with Gasteiger partial charge in [0.05, 0.1) is 19.6 Å². The summed E-state index contributed by atoms with van der Waals surface area (Å²) in [6.45, 7) is 9.75. The Morgan fingerprint density at radius 3 is 2.31 bits per heavy atom. The van der Waals surface area contributed by atoms with Crippen LogP contribution in [-0.4, -0.2) is 60.8 Å². The number of amides is 1. The maximum atomic E-state index is 12.7. The Balaban J connectivity index is 1.48. The second kappa shape index (κ2) is 9.70. The van der Waals surface area contributed by atoms with E-state index in [2.05, 4.69) is 4.90 Å². The van der Waals surface area contributed by atoms with E-state index in [-0.39, 0.29) is 11.7 Å². The van der Waals surface area contributed by atoms with Crippen LogP contribution in [-0.2, 0) is 11.2 Å². The monoisotopic (exact) mass is 394 g/mol. The Kier molecular flexibility index (Phi) is 7.04. The molecule has 3 rings (SSSR count). The van der Waals surface area contributed by atoms with E-state index in [0.29, 0.717) is 32.7 Å². The molecule has 0 aliphatic carbocycles. The molecule has 0 bridgehead atoms. The lowest BCUT2D eigenvalue weighted by molar-refractivity contribution is -0.132. The summed E-state index contributed by atoms with van der Waals surface area (Å²) in [5.41, 5.74) is 3.92. The Labute approximate surface area is 173 Å². The van der Waals surface area contributed by atoms with Crippen molar-refractivity contribution in [1.82, 2.24) is 9.80 Å². The fourth-order valence-electron chi connectivity index (χ4n) is 3.64. The minimum absolute atomic E-state index is 0.134. The summed E-state index contributed by atoms with van der Waals surface area (Å²) < 4.78 is 5.44. The fraction of sp³-hybridized carbons (Fsp3) is 0.417. The fourth-order valence-corrected chi connectivity index (χ4v) is 3.64. The van der Waals surface area contributed by atoms with E-state index in [1.165, 1.54) is 0 Å². The molecule has 1 heterocycles. The SMILES string of the molecule is CCOc1ccc(CC(=O)N2CCN(CC(=O)c3cc(C)ccc3C)CC2)cc1. The van der Waals surface area contributed by atoms with Crippen LogP contribution in [0.25, 0.3) is 0 Å². The van der Waals surface area contributed by atoms with Gasteiger partial charge in [0, 0.05) is 31.7 Å². The summed E-state index contributed by atoms with van der Waals surface area (Å²) in [4.78, 5) is 29.3. The Morgan fingerprint density at radius 1 is 0.966 bits per heavy atom. The van der Waals surface area contributed by atoms with Crippen molar-refractivity contribution in [3.8, 4) is 5.75 Å². The minimum atomic E-state index is 0.134. The maximum absolute atomic E-state index is 12.7. The van der Waals surface area contributed by atoms with Gasteiger partial charge in [-0.3, -0.25) is 14.5 Å². The molecule has 5 nitrogen and oxygen atoms in total. The molecule has 1 aliphatic rings. The van der Waals surface area contributed by atoms with Gasteiger partial charge in [0.25, 0.3) is 0 Å². The number of ketones is 1. The molecule has 2 aromatic rings. The number of piperazine rings is 1. The minimum Gasteiger partial charge on any atom is -0.494 e. The van der Waals surface area contributed by atoms with Gasteiger partial charge >= 0.3 is 0 Å². The van der Waals surface area contributed by atoms with E-state index in [4.69, 9.17) is 4.74 Å². The molecular formula is C24H30N2O3. The summed E-state index contributed by atoms with van der Waals surface area (Å²) >= 11 is 0. The van der Waals surface area contributed by atoms with Crippen LogP contribution in [0.5, 0.6) is 5.75 Å². The molecule has 1 aliphatic heterocycles. The summed E-state index contributed by atoms with van der Waals surface area (Å²) in [6.07, 6.45) is 0.397. The molecule has 1 saturated heterocycles. The Morgan fingerprint density at radius 2 is 1.66 bits per heavy atom. The van der Waals surface area contributed by atoms with Gasteiger partial charge in [0.15, 0.2) is 5.78 Å².